The number of ether oxygens (including phenoxy) is 4. The summed E-state index contributed by atoms with van der Waals surface area (Å²) in [6.45, 7) is 3.31. The highest BCUT2D eigenvalue weighted by molar-refractivity contribution is 14.1. The number of allylic oxidation sites excluding steroid dienone is 1. The quantitative estimate of drug-likeness (QED) is 0.106. The van der Waals surface area contributed by atoms with Gasteiger partial charge >= 0.3 is 12.0 Å². The molecule has 2 aromatic carbocycles. The Kier molecular flexibility index (Phi) is 11.2. The van der Waals surface area contributed by atoms with Gasteiger partial charge in [0.2, 0.25) is 0 Å². The number of terminal acetylenes is 1. The number of hydrazone groups is 1. The van der Waals surface area contributed by atoms with Crippen LogP contribution in [-0.2, 0) is 14.3 Å². The van der Waals surface area contributed by atoms with E-state index in [0.29, 0.717) is 27.2 Å². The maximum atomic E-state index is 12.6. The van der Waals surface area contributed by atoms with Crippen LogP contribution in [0, 0.1) is 15.9 Å². The first-order valence-corrected chi connectivity index (χ1v) is 13.7. The molecular weight excluding hydrogens is 699 g/mol. The van der Waals surface area contributed by atoms with E-state index in [9.17, 15) is 14.4 Å². The molecule has 3 rings (SSSR count). The topological polar surface area (TPSA) is 137 Å². The standard InChI is InChI=1S/C27H26BrIN4O7/c1-5-9-39-25-18(28)10-16(11-19(25)29)13-30-33-22(34)14-40-20-8-7-17(12-21(20)37-4)24-23(26(35)38-6-2)15(3)31-27(36)32-24/h1,7-8,10-13,24H,6,9,14H2,2-4H3,(H,33,34)(H2,31,32,36)/b30-13-/t24-/m1/s1. The van der Waals surface area contributed by atoms with E-state index in [0.717, 1.165) is 9.13 Å². The number of benzene rings is 2. The molecule has 3 N–H and O–H groups in total. The molecule has 0 fully saturated rings. The fourth-order valence-electron chi connectivity index (χ4n) is 3.67. The van der Waals surface area contributed by atoms with Crippen LogP contribution in [0.25, 0.3) is 0 Å². The van der Waals surface area contributed by atoms with Gasteiger partial charge in [0.15, 0.2) is 18.1 Å². The Balaban J connectivity index is 1.66. The van der Waals surface area contributed by atoms with Crippen molar-refractivity contribution in [3.05, 3.63) is 60.8 Å². The number of esters is 1. The van der Waals surface area contributed by atoms with Crippen molar-refractivity contribution in [2.45, 2.75) is 19.9 Å². The molecule has 1 aliphatic heterocycles. The van der Waals surface area contributed by atoms with E-state index in [1.807, 2.05) is 6.07 Å². The van der Waals surface area contributed by atoms with Gasteiger partial charge in [-0.2, -0.15) is 5.10 Å². The molecule has 1 aliphatic rings. The van der Waals surface area contributed by atoms with Crippen molar-refractivity contribution in [1.29, 1.82) is 0 Å². The molecular formula is C27H26BrIN4O7. The molecule has 0 aromatic heterocycles. The highest BCUT2D eigenvalue weighted by Crippen LogP contribution is 2.35. The van der Waals surface area contributed by atoms with Crippen molar-refractivity contribution in [2.24, 2.45) is 5.10 Å². The van der Waals surface area contributed by atoms with Gasteiger partial charge in [-0.3, -0.25) is 4.79 Å². The number of urea groups is 1. The van der Waals surface area contributed by atoms with Gasteiger partial charge in [0.05, 0.1) is 39.6 Å². The number of nitrogens with one attached hydrogen (secondary N) is 3. The normalized spacial score (nSPS) is 14.6. The van der Waals surface area contributed by atoms with Gasteiger partial charge in [0.25, 0.3) is 5.91 Å². The predicted molar refractivity (Wildman–Crippen MR) is 159 cm³/mol. The number of rotatable bonds is 11. The minimum absolute atomic E-state index is 0.144. The van der Waals surface area contributed by atoms with Crippen molar-refractivity contribution < 1.29 is 33.3 Å². The van der Waals surface area contributed by atoms with Crippen LogP contribution in [0.15, 0.2) is 51.2 Å². The zero-order chi connectivity index (χ0) is 29.2. The van der Waals surface area contributed by atoms with E-state index in [4.69, 9.17) is 25.4 Å². The molecule has 0 aliphatic carbocycles. The molecule has 2 aromatic rings. The molecule has 40 heavy (non-hydrogen) atoms. The first-order chi connectivity index (χ1) is 19.2. The molecule has 0 unspecified atom stereocenters. The number of carbonyl (C=O) groups is 3. The number of halogens is 2. The third-order valence-corrected chi connectivity index (χ3v) is 6.76. The van der Waals surface area contributed by atoms with Gasteiger partial charge in [-0.1, -0.05) is 12.0 Å². The Bertz CT molecular complexity index is 1380. The Morgan fingerprint density at radius 2 is 2.02 bits per heavy atom. The molecule has 0 bridgehead atoms. The van der Waals surface area contributed by atoms with E-state index in [1.54, 1.807) is 38.1 Å². The van der Waals surface area contributed by atoms with E-state index in [-0.39, 0.29) is 31.1 Å². The van der Waals surface area contributed by atoms with Crippen LogP contribution in [0.4, 0.5) is 4.79 Å². The molecule has 0 radical (unpaired) electrons. The van der Waals surface area contributed by atoms with E-state index >= 15 is 0 Å². The lowest BCUT2D eigenvalue weighted by Gasteiger charge is -2.28. The molecule has 0 saturated carbocycles. The minimum Gasteiger partial charge on any atom is -0.493 e. The zero-order valence-electron chi connectivity index (χ0n) is 21.8. The Morgan fingerprint density at radius 3 is 2.70 bits per heavy atom. The smallest absolute Gasteiger partial charge is 0.338 e. The van der Waals surface area contributed by atoms with Gasteiger partial charge in [-0.05, 0) is 87.8 Å². The first-order valence-electron chi connectivity index (χ1n) is 11.8. The van der Waals surface area contributed by atoms with Crippen LogP contribution in [0.5, 0.6) is 17.2 Å². The Labute approximate surface area is 253 Å². The van der Waals surface area contributed by atoms with Crippen LogP contribution in [0.1, 0.15) is 31.0 Å². The molecule has 13 heteroatoms. The number of amides is 3. The van der Waals surface area contributed by atoms with Crippen LogP contribution in [0.3, 0.4) is 0 Å². The van der Waals surface area contributed by atoms with Crippen molar-refractivity contribution in [3.8, 4) is 29.6 Å². The summed E-state index contributed by atoms with van der Waals surface area (Å²) in [7, 11) is 1.44. The summed E-state index contributed by atoms with van der Waals surface area (Å²) in [5.74, 6) is 2.57. The summed E-state index contributed by atoms with van der Waals surface area (Å²) in [5.41, 5.74) is 4.35. The maximum absolute atomic E-state index is 12.6. The van der Waals surface area contributed by atoms with Crippen LogP contribution >= 0.6 is 38.5 Å². The molecule has 1 heterocycles. The third-order valence-electron chi connectivity index (χ3n) is 5.37. The van der Waals surface area contributed by atoms with Gasteiger partial charge in [-0.15, -0.1) is 6.42 Å². The second-order valence-electron chi connectivity index (χ2n) is 8.09. The highest BCUT2D eigenvalue weighted by Gasteiger charge is 2.32. The number of hydrogen-bond donors (Lipinski definition) is 3. The molecule has 1 atom stereocenters. The molecule has 11 nitrogen and oxygen atoms in total. The second-order valence-corrected chi connectivity index (χ2v) is 10.1. The van der Waals surface area contributed by atoms with Crippen LogP contribution < -0.4 is 30.3 Å². The average Bonchev–Trinajstić information content (AvgIpc) is 2.91. The van der Waals surface area contributed by atoms with Gasteiger partial charge in [0.1, 0.15) is 12.4 Å². The lowest BCUT2D eigenvalue weighted by Crippen LogP contribution is -2.45. The molecule has 0 spiro atoms. The first kappa shape index (κ1) is 30.8. The highest BCUT2D eigenvalue weighted by atomic mass is 127. The zero-order valence-corrected chi connectivity index (χ0v) is 25.5. The Morgan fingerprint density at radius 1 is 1.25 bits per heavy atom. The molecule has 210 valence electrons. The predicted octanol–water partition coefficient (Wildman–Crippen LogP) is 3.79. The van der Waals surface area contributed by atoms with Crippen molar-refractivity contribution in [3.63, 3.8) is 0 Å². The summed E-state index contributed by atoms with van der Waals surface area (Å²) in [5, 5.41) is 9.28. The van der Waals surface area contributed by atoms with E-state index in [1.165, 1.54) is 13.3 Å². The fraction of sp³-hybridized carbons (Fsp3) is 0.259. The summed E-state index contributed by atoms with van der Waals surface area (Å²) >= 11 is 5.55. The second kappa shape index (κ2) is 14.6. The third kappa shape index (κ3) is 7.89. The van der Waals surface area contributed by atoms with Crippen LogP contribution in [-0.4, -0.2) is 51.1 Å². The van der Waals surface area contributed by atoms with Crippen molar-refractivity contribution in [1.82, 2.24) is 16.1 Å². The average molecular weight is 725 g/mol. The summed E-state index contributed by atoms with van der Waals surface area (Å²) in [4.78, 5) is 37.0. The van der Waals surface area contributed by atoms with E-state index < -0.39 is 23.9 Å². The summed E-state index contributed by atoms with van der Waals surface area (Å²) < 4.78 is 23.2. The minimum atomic E-state index is -0.769. The summed E-state index contributed by atoms with van der Waals surface area (Å²) in [6.07, 6.45) is 6.73. The fourth-order valence-corrected chi connectivity index (χ4v) is 5.44. The number of hydrogen-bond acceptors (Lipinski definition) is 8. The lowest BCUT2D eigenvalue weighted by molar-refractivity contribution is -0.139. The van der Waals surface area contributed by atoms with Gasteiger partial charge < -0.3 is 29.6 Å². The monoisotopic (exact) mass is 724 g/mol. The van der Waals surface area contributed by atoms with Crippen molar-refractivity contribution >= 4 is 62.6 Å². The number of methoxy groups -OCH3 is 1. The van der Waals surface area contributed by atoms with Crippen LogP contribution in [0.2, 0.25) is 0 Å². The molecule has 3 amide bonds. The lowest BCUT2D eigenvalue weighted by atomic mass is 9.95. The van der Waals surface area contributed by atoms with Crippen molar-refractivity contribution in [2.75, 3.05) is 26.9 Å². The SMILES string of the molecule is C#CCOc1c(Br)cc(/C=N\NC(=O)COc2ccc([C@H]3NC(=O)NC(C)=C3C(=O)OCC)cc2OC)cc1I. The Hall–Kier alpha value is -3.77. The maximum Gasteiger partial charge on any atom is 0.338 e. The summed E-state index contributed by atoms with van der Waals surface area (Å²) in [6, 6.07) is 7.24. The number of nitrogens with zero attached hydrogens (tertiary/aromatic N) is 1. The van der Waals surface area contributed by atoms with E-state index in [2.05, 4.69) is 65.6 Å². The molecule has 0 saturated heterocycles. The largest absolute Gasteiger partial charge is 0.493 e. The van der Waals surface area contributed by atoms with Gasteiger partial charge in [0, 0.05) is 5.70 Å². The number of carbonyl (C=O) groups excluding carboxylic acids is 3. The van der Waals surface area contributed by atoms with Gasteiger partial charge in [-0.25, -0.2) is 15.0 Å².